The molecule has 84 valence electrons. The summed E-state index contributed by atoms with van der Waals surface area (Å²) in [5, 5.41) is 6.09. The molecular weight excluding hydrogens is 305 g/mol. The number of carbonyl (C=O) groups excluding carboxylic acids is 1. The second-order valence-corrected chi connectivity index (χ2v) is 4.65. The van der Waals surface area contributed by atoms with Gasteiger partial charge in [-0.2, -0.15) is 0 Å². The second kappa shape index (κ2) is 6.12. The maximum absolute atomic E-state index is 11.6. The molecule has 1 atom stereocenters. The van der Waals surface area contributed by atoms with Gasteiger partial charge in [-0.3, -0.25) is 4.79 Å². The summed E-state index contributed by atoms with van der Waals surface area (Å²) in [6.45, 7) is 5.65. The quantitative estimate of drug-likeness (QED) is 0.717. The normalized spacial score (nSPS) is 12.5. The van der Waals surface area contributed by atoms with E-state index in [0.29, 0.717) is 18.3 Å². The third-order valence-corrected chi connectivity index (χ3v) is 2.64. The molecule has 0 unspecified atom stereocenters. The highest BCUT2D eigenvalue weighted by Crippen LogP contribution is 2.05. The average molecular weight is 321 g/mol. The van der Waals surface area contributed by atoms with Crippen LogP contribution in [-0.2, 0) is 0 Å². The Morgan fingerprint density at radius 2 is 2.40 bits per heavy atom. The van der Waals surface area contributed by atoms with Crippen molar-refractivity contribution < 1.29 is 4.79 Å². The van der Waals surface area contributed by atoms with Gasteiger partial charge in [-0.15, -0.1) is 0 Å². The number of amides is 1. The summed E-state index contributed by atoms with van der Waals surface area (Å²) in [5.41, 5.74) is 0.614. The lowest BCUT2D eigenvalue weighted by molar-refractivity contribution is 0.0946. The third kappa shape index (κ3) is 4.21. The van der Waals surface area contributed by atoms with Gasteiger partial charge in [-0.05, 0) is 42.1 Å². The highest BCUT2D eigenvalue weighted by Gasteiger charge is 2.08. The zero-order valence-corrected chi connectivity index (χ0v) is 11.1. The average Bonchev–Trinajstić information content (AvgIpc) is 2.62. The number of likely N-dealkylation sites (N-methyl/N-ethyl adjacent to an activating group) is 1. The van der Waals surface area contributed by atoms with E-state index in [9.17, 15) is 4.79 Å². The van der Waals surface area contributed by atoms with Crippen molar-refractivity contribution in [2.45, 2.75) is 19.9 Å². The van der Waals surface area contributed by atoms with Crippen LogP contribution in [0.4, 0.5) is 0 Å². The van der Waals surface area contributed by atoms with Gasteiger partial charge in [0.25, 0.3) is 5.91 Å². The van der Waals surface area contributed by atoms with E-state index in [2.05, 4.69) is 38.2 Å². The lowest BCUT2D eigenvalue weighted by Gasteiger charge is -2.12. The smallest absolute Gasteiger partial charge is 0.267 e. The van der Waals surface area contributed by atoms with Crippen LogP contribution in [0.3, 0.4) is 0 Å². The summed E-state index contributed by atoms with van der Waals surface area (Å²) >= 11 is 2.17. The van der Waals surface area contributed by atoms with Crippen LogP contribution >= 0.6 is 22.6 Å². The number of aromatic nitrogens is 1. The van der Waals surface area contributed by atoms with Crippen LogP contribution < -0.4 is 10.6 Å². The van der Waals surface area contributed by atoms with Gasteiger partial charge in [-0.25, -0.2) is 0 Å². The van der Waals surface area contributed by atoms with E-state index in [4.69, 9.17) is 0 Å². The number of aromatic amines is 1. The van der Waals surface area contributed by atoms with Gasteiger partial charge in [0.2, 0.25) is 0 Å². The minimum atomic E-state index is -0.0531. The van der Waals surface area contributed by atoms with Crippen molar-refractivity contribution >= 4 is 28.5 Å². The molecule has 1 aromatic heterocycles. The van der Waals surface area contributed by atoms with Crippen molar-refractivity contribution in [3.63, 3.8) is 0 Å². The van der Waals surface area contributed by atoms with Gasteiger partial charge in [0, 0.05) is 22.4 Å². The molecule has 0 fully saturated rings. The molecule has 0 saturated carbocycles. The molecule has 0 radical (unpaired) electrons. The van der Waals surface area contributed by atoms with Crippen molar-refractivity contribution in [2.24, 2.45) is 0 Å². The minimum Gasteiger partial charge on any atom is -0.356 e. The Morgan fingerprint density at radius 1 is 1.67 bits per heavy atom. The molecule has 15 heavy (non-hydrogen) atoms. The summed E-state index contributed by atoms with van der Waals surface area (Å²) in [7, 11) is 0. The van der Waals surface area contributed by atoms with Gasteiger partial charge in [0.05, 0.1) is 0 Å². The maximum Gasteiger partial charge on any atom is 0.267 e. The molecule has 0 saturated heterocycles. The molecule has 0 spiro atoms. The number of nitrogens with one attached hydrogen (secondary N) is 3. The van der Waals surface area contributed by atoms with Crippen molar-refractivity contribution in [1.82, 2.24) is 15.6 Å². The largest absolute Gasteiger partial charge is 0.356 e. The van der Waals surface area contributed by atoms with E-state index < -0.39 is 0 Å². The number of rotatable bonds is 5. The first-order chi connectivity index (χ1) is 7.13. The first-order valence-electron chi connectivity index (χ1n) is 4.99. The van der Waals surface area contributed by atoms with Crippen molar-refractivity contribution in [3.05, 3.63) is 21.5 Å². The fraction of sp³-hybridized carbons (Fsp3) is 0.500. The van der Waals surface area contributed by atoms with Gasteiger partial charge in [0.15, 0.2) is 0 Å². The van der Waals surface area contributed by atoms with Gasteiger partial charge in [-0.1, -0.05) is 6.92 Å². The van der Waals surface area contributed by atoms with Crippen LogP contribution in [-0.4, -0.2) is 30.0 Å². The fourth-order valence-electron chi connectivity index (χ4n) is 1.26. The number of H-pyrrole nitrogens is 1. The first-order valence-corrected chi connectivity index (χ1v) is 6.07. The van der Waals surface area contributed by atoms with Gasteiger partial charge < -0.3 is 15.6 Å². The zero-order valence-electron chi connectivity index (χ0n) is 8.93. The Kier molecular flexibility index (Phi) is 5.10. The first kappa shape index (κ1) is 12.5. The Labute approximate surface area is 103 Å². The Balaban J connectivity index is 2.36. The summed E-state index contributed by atoms with van der Waals surface area (Å²) < 4.78 is 1.04. The molecule has 1 heterocycles. The summed E-state index contributed by atoms with van der Waals surface area (Å²) in [4.78, 5) is 14.5. The van der Waals surface area contributed by atoms with E-state index in [0.717, 1.165) is 10.1 Å². The highest BCUT2D eigenvalue weighted by molar-refractivity contribution is 14.1. The highest BCUT2D eigenvalue weighted by atomic mass is 127. The zero-order chi connectivity index (χ0) is 11.3. The fourth-order valence-corrected chi connectivity index (χ4v) is 1.73. The van der Waals surface area contributed by atoms with Crippen molar-refractivity contribution in [3.8, 4) is 0 Å². The predicted molar refractivity (Wildman–Crippen MR) is 69.0 cm³/mol. The molecule has 0 aromatic carbocycles. The number of carbonyl (C=O) groups is 1. The van der Waals surface area contributed by atoms with Crippen molar-refractivity contribution in [2.75, 3.05) is 13.1 Å². The van der Waals surface area contributed by atoms with E-state index in [-0.39, 0.29) is 5.91 Å². The third-order valence-electron chi connectivity index (χ3n) is 2.01. The lowest BCUT2D eigenvalue weighted by atomic mass is 10.3. The molecule has 4 nitrogen and oxygen atoms in total. The van der Waals surface area contributed by atoms with Crippen LogP contribution in [0.1, 0.15) is 24.3 Å². The van der Waals surface area contributed by atoms with Crippen LogP contribution in [0.5, 0.6) is 0 Å². The van der Waals surface area contributed by atoms with Crippen LogP contribution in [0.15, 0.2) is 12.3 Å². The van der Waals surface area contributed by atoms with Crippen molar-refractivity contribution in [1.29, 1.82) is 0 Å². The van der Waals surface area contributed by atoms with Gasteiger partial charge in [0.1, 0.15) is 5.69 Å². The molecule has 1 aromatic rings. The number of hydrogen-bond donors (Lipinski definition) is 3. The monoisotopic (exact) mass is 321 g/mol. The van der Waals surface area contributed by atoms with Crippen LogP contribution in [0.25, 0.3) is 0 Å². The topological polar surface area (TPSA) is 56.9 Å². The Morgan fingerprint density at radius 3 is 2.93 bits per heavy atom. The Hall–Kier alpha value is -0.560. The molecule has 1 rings (SSSR count). The summed E-state index contributed by atoms with van der Waals surface area (Å²) in [6.07, 6.45) is 1.81. The molecule has 0 bridgehead atoms. The number of hydrogen-bond acceptors (Lipinski definition) is 2. The standard InChI is InChI=1S/C10H16IN3O/c1-3-12-7(2)5-14-10(15)9-4-8(11)6-13-9/h4,6-7,12-13H,3,5H2,1-2H3,(H,14,15)/t7-/m1/s1. The van der Waals surface area contributed by atoms with E-state index in [1.165, 1.54) is 0 Å². The van der Waals surface area contributed by atoms with Crippen LogP contribution in [0.2, 0.25) is 0 Å². The minimum absolute atomic E-state index is 0.0531. The molecule has 5 heteroatoms. The second-order valence-electron chi connectivity index (χ2n) is 3.40. The SMILES string of the molecule is CCN[C@H](C)CNC(=O)c1cc(I)c[nH]1. The van der Waals surface area contributed by atoms with E-state index in [1.807, 2.05) is 26.1 Å². The predicted octanol–water partition coefficient (Wildman–Crippen LogP) is 1.35. The van der Waals surface area contributed by atoms with Crippen LogP contribution in [0, 0.1) is 3.57 Å². The van der Waals surface area contributed by atoms with Gasteiger partial charge >= 0.3 is 0 Å². The molecule has 1 amide bonds. The molecule has 0 aliphatic carbocycles. The Bertz CT molecular complexity index is 324. The number of halogens is 1. The lowest BCUT2D eigenvalue weighted by Crippen LogP contribution is -2.38. The molecule has 0 aliphatic rings. The van der Waals surface area contributed by atoms with E-state index >= 15 is 0 Å². The molecule has 3 N–H and O–H groups in total. The summed E-state index contributed by atoms with van der Waals surface area (Å²) in [6, 6.07) is 2.13. The van der Waals surface area contributed by atoms with E-state index in [1.54, 1.807) is 0 Å². The maximum atomic E-state index is 11.6. The molecule has 0 aliphatic heterocycles. The molecular formula is C10H16IN3O. The summed E-state index contributed by atoms with van der Waals surface area (Å²) in [5.74, 6) is -0.0531.